The number of hydrogen-bond donors (Lipinski definition) is 0. The van der Waals surface area contributed by atoms with E-state index in [9.17, 15) is 44.3 Å². The Morgan fingerprint density at radius 3 is 1.26 bits per heavy atom. The van der Waals surface area contributed by atoms with Crippen LogP contribution in [0, 0.1) is 0 Å². The minimum Gasteiger partial charge on any atom is -0.429 e. The highest BCUT2D eigenvalue weighted by molar-refractivity contribution is 5.87. The fourth-order valence-corrected chi connectivity index (χ4v) is 0.882. The third-order valence-corrected chi connectivity index (χ3v) is 1.79. The molecular weight excluding hydrogens is 299 g/mol. The third kappa shape index (κ3) is 2.95. The molecule has 0 amide bonds. The van der Waals surface area contributed by atoms with E-state index in [2.05, 4.69) is 11.3 Å². The molecule has 0 heterocycles. The van der Waals surface area contributed by atoms with Gasteiger partial charge in [-0.1, -0.05) is 6.58 Å². The Hall–Kier alpha value is -1.42. The molecular formula is C8H5F9O2. The summed E-state index contributed by atoms with van der Waals surface area (Å²) in [6.07, 6.45) is -20.8. The van der Waals surface area contributed by atoms with Crippen LogP contribution in [0.1, 0.15) is 6.92 Å². The van der Waals surface area contributed by atoms with Gasteiger partial charge in [-0.3, -0.25) is 0 Å². The second kappa shape index (κ2) is 4.60. The molecule has 0 fully saturated rings. The monoisotopic (exact) mass is 304 g/mol. The summed E-state index contributed by atoms with van der Waals surface area (Å²) >= 11 is 0. The number of esters is 1. The van der Waals surface area contributed by atoms with Crippen molar-refractivity contribution >= 4 is 5.97 Å². The lowest BCUT2D eigenvalue weighted by molar-refractivity contribution is -0.445. The van der Waals surface area contributed by atoms with Crippen molar-refractivity contribution in [1.82, 2.24) is 0 Å². The van der Waals surface area contributed by atoms with Crippen LogP contribution in [0.5, 0.6) is 0 Å². The molecule has 0 saturated carbocycles. The zero-order chi connectivity index (χ0) is 15.9. The van der Waals surface area contributed by atoms with Gasteiger partial charge in [0.1, 0.15) is 0 Å². The van der Waals surface area contributed by atoms with E-state index in [1.54, 1.807) is 0 Å². The lowest BCUT2D eigenvalue weighted by Gasteiger charge is -2.37. The summed E-state index contributed by atoms with van der Waals surface area (Å²) in [5.74, 6) is -2.47. The van der Waals surface area contributed by atoms with Crippen LogP contribution in [0.15, 0.2) is 12.2 Å². The molecule has 0 aromatic carbocycles. The van der Waals surface area contributed by atoms with Crippen molar-refractivity contribution in [3.05, 3.63) is 12.2 Å². The smallest absolute Gasteiger partial charge is 0.429 e. The Kier molecular flexibility index (Phi) is 4.26. The standard InChI is InChI=1S/C8H5F9O2/c1-3(2)4(18)19-5(6(9,10)11,7(12,13)14)8(15,16)17/h1H2,2H3. The molecule has 0 atom stereocenters. The summed E-state index contributed by atoms with van der Waals surface area (Å²) < 4.78 is 113. The maximum absolute atomic E-state index is 12.2. The summed E-state index contributed by atoms with van der Waals surface area (Å²) in [4.78, 5) is 10.7. The van der Waals surface area contributed by atoms with E-state index < -0.39 is 35.7 Å². The van der Waals surface area contributed by atoms with Gasteiger partial charge in [-0.25, -0.2) is 4.79 Å². The van der Waals surface area contributed by atoms with Crippen LogP contribution < -0.4 is 0 Å². The van der Waals surface area contributed by atoms with E-state index in [0.29, 0.717) is 6.92 Å². The van der Waals surface area contributed by atoms with E-state index >= 15 is 0 Å². The first-order valence-corrected chi connectivity index (χ1v) is 4.17. The number of rotatable bonds is 2. The van der Waals surface area contributed by atoms with E-state index in [0.717, 1.165) is 0 Å². The number of alkyl halides is 9. The van der Waals surface area contributed by atoms with Crippen molar-refractivity contribution in [1.29, 1.82) is 0 Å². The Morgan fingerprint density at radius 1 is 0.842 bits per heavy atom. The normalized spacial score (nSPS) is 14.2. The first-order chi connectivity index (χ1) is 8.08. The lowest BCUT2D eigenvalue weighted by Crippen LogP contribution is -2.68. The summed E-state index contributed by atoms with van der Waals surface area (Å²) in [7, 11) is 0. The van der Waals surface area contributed by atoms with Crippen LogP contribution in [0.25, 0.3) is 0 Å². The first-order valence-electron chi connectivity index (χ1n) is 4.17. The SMILES string of the molecule is C=C(C)C(=O)OC(C(F)(F)F)(C(F)(F)F)C(F)(F)F. The highest BCUT2D eigenvalue weighted by Gasteiger charge is 2.87. The molecule has 0 aliphatic rings. The first kappa shape index (κ1) is 17.6. The van der Waals surface area contributed by atoms with Gasteiger partial charge in [0.2, 0.25) is 0 Å². The molecule has 0 saturated heterocycles. The minimum atomic E-state index is -6.94. The summed E-state index contributed by atoms with van der Waals surface area (Å²) in [6.45, 7) is 3.20. The van der Waals surface area contributed by atoms with Gasteiger partial charge in [0, 0.05) is 5.57 Å². The van der Waals surface area contributed by atoms with Gasteiger partial charge in [-0.2, -0.15) is 39.5 Å². The number of carbonyl (C=O) groups is 1. The van der Waals surface area contributed by atoms with Gasteiger partial charge in [-0.05, 0) is 6.92 Å². The largest absolute Gasteiger partial charge is 0.447 e. The number of halogens is 9. The molecule has 0 rings (SSSR count). The Balaban J connectivity index is 6.12. The second-order valence-corrected chi connectivity index (χ2v) is 3.34. The Bertz CT molecular complexity index is 337. The van der Waals surface area contributed by atoms with Crippen LogP contribution in [-0.4, -0.2) is 30.1 Å². The molecule has 0 aliphatic heterocycles. The van der Waals surface area contributed by atoms with Crippen molar-refractivity contribution in [3.8, 4) is 0 Å². The van der Waals surface area contributed by atoms with Crippen LogP contribution in [0.4, 0.5) is 39.5 Å². The molecule has 0 aliphatic carbocycles. The molecule has 19 heavy (non-hydrogen) atoms. The van der Waals surface area contributed by atoms with E-state index in [4.69, 9.17) is 0 Å². The quantitative estimate of drug-likeness (QED) is 0.443. The summed E-state index contributed by atoms with van der Waals surface area (Å²) in [5, 5.41) is 0. The number of ether oxygens (including phenoxy) is 1. The fraction of sp³-hybridized carbons (Fsp3) is 0.625. The van der Waals surface area contributed by atoms with Crippen molar-refractivity contribution < 1.29 is 49.0 Å². The van der Waals surface area contributed by atoms with Crippen molar-refractivity contribution in [2.75, 3.05) is 0 Å². The molecule has 0 spiro atoms. The molecule has 112 valence electrons. The minimum absolute atomic E-state index is 0.593. The predicted octanol–water partition coefficient (Wildman–Crippen LogP) is 3.53. The Labute approximate surface area is 99.4 Å². The van der Waals surface area contributed by atoms with Crippen molar-refractivity contribution in [2.24, 2.45) is 0 Å². The summed E-state index contributed by atoms with van der Waals surface area (Å²) in [6, 6.07) is 0. The van der Waals surface area contributed by atoms with E-state index in [1.165, 1.54) is 0 Å². The average molecular weight is 304 g/mol. The summed E-state index contributed by atoms with van der Waals surface area (Å²) in [5.41, 5.74) is -7.65. The molecule has 0 unspecified atom stereocenters. The zero-order valence-corrected chi connectivity index (χ0v) is 8.93. The van der Waals surface area contributed by atoms with Gasteiger partial charge in [-0.15, -0.1) is 0 Å². The average Bonchev–Trinajstić information content (AvgIpc) is 2.06. The maximum atomic E-state index is 12.2. The molecule has 0 aromatic heterocycles. The number of carbonyl (C=O) groups excluding carboxylic acids is 1. The Morgan fingerprint density at radius 2 is 1.11 bits per heavy atom. The molecule has 0 bridgehead atoms. The van der Waals surface area contributed by atoms with Gasteiger partial charge in [0.15, 0.2) is 0 Å². The third-order valence-electron chi connectivity index (χ3n) is 1.79. The van der Waals surface area contributed by atoms with Crippen molar-refractivity contribution in [2.45, 2.75) is 31.1 Å². The van der Waals surface area contributed by atoms with Crippen LogP contribution in [0.3, 0.4) is 0 Å². The highest BCUT2D eigenvalue weighted by Crippen LogP contribution is 2.55. The lowest BCUT2D eigenvalue weighted by atomic mass is 10.0. The molecule has 0 aromatic rings. The fourth-order valence-electron chi connectivity index (χ4n) is 0.882. The van der Waals surface area contributed by atoms with E-state index in [1.807, 2.05) is 0 Å². The van der Waals surface area contributed by atoms with Crippen LogP contribution >= 0.6 is 0 Å². The topological polar surface area (TPSA) is 26.3 Å². The van der Waals surface area contributed by atoms with Crippen molar-refractivity contribution in [3.63, 3.8) is 0 Å². The van der Waals surface area contributed by atoms with Gasteiger partial charge in [0.25, 0.3) is 0 Å². The predicted molar refractivity (Wildman–Crippen MR) is 41.8 cm³/mol. The molecule has 0 radical (unpaired) electrons. The van der Waals surface area contributed by atoms with Crippen LogP contribution in [-0.2, 0) is 9.53 Å². The maximum Gasteiger partial charge on any atom is 0.447 e. The van der Waals surface area contributed by atoms with Crippen LogP contribution in [0.2, 0.25) is 0 Å². The van der Waals surface area contributed by atoms with Gasteiger partial charge >= 0.3 is 30.1 Å². The highest BCUT2D eigenvalue weighted by atomic mass is 19.4. The second-order valence-electron chi connectivity index (χ2n) is 3.34. The van der Waals surface area contributed by atoms with Gasteiger partial charge < -0.3 is 4.74 Å². The van der Waals surface area contributed by atoms with Gasteiger partial charge in [0.05, 0.1) is 0 Å². The zero-order valence-electron chi connectivity index (χ0n) is 8.93. The molecule has 2 nitrogen and oxygen atoms in total. The molecule has 0 N–H and O–H groups in total. The number of hydrogen-bond acceptors (Lipinski definition) is 2. The van der Waals surface area contributed by atoms with E-state index in [-0.39, 0.29) is 0 Å². The molecule has 11 heteroatoms.